The fourth-order valence-electron chi connectivity index (χ4n) is 3.36. The van der Waals surface area contributed by atoms with Gasteiger partial charge in [0.15, 0.2) is 0 Å². The third-order valence-electron chi connectivity index (χ3n) is 4.50. The minimum atomic E-state index is 0.998. The van der Waals surface area contributed by atoms with E-state index in [2.05, 4.69) is 37.9 Å². The minimum Gasteiger partial charge on any atom is -0.398 e. The summed E-state index contributed by atoms with van der Waals surface area (Å²) in [6, 6.07) is 4.39. The third kappa shape index (κ3) is 3.35. The zero-order chi connectivity index (χ0) is 13.9. The lowest BCUT2D eigenvalue weighted by Gasteiger charge is -2.21. The van der Waals surface area contributed by atoms with E-state index in [1.54, 1.807) is 0 Å². The Bertz CT molecular complexity index is 424. The van der Waals surface area contributed by atoms with Crippen LogP contribution in [-0.4, -0.2) is 36.0 Å². The molecule has 0 amide bonds. The fourth-order valence-corrected chi connectivity index (χ4v) is 3.91. The highest BCUT2D eigenvalue weighted by atomic mass is 79.9. The molecule has 2 saturated heterocycles. The van der Waals surface area contributed by atoms with Gasteiger partial charge < -0.3 is 5.73 Å². The molecule has 2 heterocycles. The molecule has 0 atom stereocenters. The normalized spacial score (nSPS) is 20.9. The van der Waals surface area contributed by atoms with Crippen molar-refractivity contribution in [1.82, 2.24) is 9.80 Å². The first-order chi connectivity index (χ1) is 9.72. The van der Waals surface area contributed by atoms with Crippen LogP contribution in [0.2, 0.25) is 0 Å². The number of hydrogen-bond acceptors (Lipinski definition) is 3. The van der Waals surface area contributed by atoms with Crippen molar-refractivity contribution in [2.24, 2.45) is 0 Å². The molecule has 0 saturated carbocycles. The van der Waals surface area contributed by atoms with E-state index in [-0.39, 0.29) is 0 Å². The molecule has 2 N–H and O–H groups in total. The molecule has 0 spiro atoms. The van der Waals surface area contributed by atoms with E-state index in [4.69, 9.17) is 5.73 Å². The first kappa shape index (κ1) is 14.4. The number of anilines is 1. The Morgan fingerprint density at radius 1 is 0.850 bits per heavy atom. The zero-order valence-corrected chi connectivity index (χ0v) is 13.7. The number of benzene rings is 1. The van der Waals surface area contributed by atoms with Crippen LogP contribution in [-0.2, 0) is 13.1 Å². The predicted octanol–water partition coefficient (Wildman–Crippen LogP) is 3.22. The van der Waals surface area contributed by atoms with Crippen LogP contribution in [0.5, 0.6) is 0 Å². The predicted molar refractivity (Wildman–Crippen MR) is 87.6 cm³/mol. The molecule has 0 aliphatic carbocycles. The molecule has 0 unspecified atom stereocenters. The Labute approximate surface area is 130 Å². The van der Waals surface area contributed by atoms with Crippen LogP contribution in [0.4, 0.5) is 5.69 Å². The molecule has 1 aromatic rings. The summed E-state index contributed by atoms with van der Waals surface area (Å²) >= 11 is 3.65. The van der Waals surface area contributed by atoms with Crippen molar-refractivity contribution in [2.45, 2.75) is 38.8 Å². The van der Waals surface area contributed by atoms with Crippen LogP contribution in [0.25, 0.3) is 0 Å². The van der Waals surface area contributed by atoms with Gasteiger partial charge in [0.05, 0.1) is 0 Å². The standard InChI is InChI=1S/C16H24BrN3/c17-15-9-13(11-19-5-1-2-6-19)16(18)14(10-15)12-20-7-3-4-8-20/h9-10H,1-8,11-12,18H2. The second-order valence-corrected chi connectivity index (χ2v) is 7.02. The van der Waals surface area contributed by atoms with Gasteiger partial charge in [0.2, 0.25) is 0 Å². The topological polar surface area (TPSA) is 32.5 Å². The molecular weight excluding hydrogens is 314 g/mol. The summed E-state index contributed by atoms with van der Waals surface area (Å²) < 4.78 is 1.16. The molecule has 1 aromatic carbocycles. The average molecular weight is 338 g/mol. The lowest BCUT2D eigenvalue weighted by molar-refractivity contribution is 0.327. The van der Waals surface area contributed by atoms with Crippen LogP contribution in [0.1, 0.15) is 36.8 Å². The van der Waals surface area contributed by atoms with E-state index < -0.39 is 0 Å². The van der Waals surface area contributed by atoms with Crippen molar-refractivity contribution in [3.05, 3.63) is 27.7 Å². The Kier molecular flexibility index (Phi) is 4.64. The van der Waals surface area contributed by atoms with E-state index in [0.29, 0.717) is 0 Å². The van der Waals surface area contributed by atoms with Gasteiger partial charge in [0, 0.05) is 23.2 Å². The van der Waals surface area contributed by atoms with Crippen molar-refractivity contribution in [3.8, 4) is 0 Å². The number of nitrogen functional groups attached to an aromatic ring is 1. The Balaban J connectivity index is 1.76. The SMILES string of the molecule is Nc1c(CN2CCCC2)cc(Br)cc1CN1CCCC1. The highest BCUT2D eigenvalue weighted by Crippen LogP contribution is 2.28. The molecule has 3 rings (SSSR count). The molecule has 0 radical (unpaired) electrons. The number of likely N-dealkylation sites (tertiary alicyclic amines) is 2. The van der Waals surface area contributed by atoms with E-state index >= 15 is 0 Å². The molecule has 0 aromatic heterocycles. The Hall–Kier alpha value is -0.580. The molecule has 4 heteroatoms. The summed E-state index contributed by atoms with van der Waals surface area (Å²) in [4.78, 5) is 5.02. The first-order valence-corrected chi connectivity index (χ1v) is 8.53. The number of hydrogen-bond donors (Lipinski definition) is 1. The van der Waals surface area contributed by atoms with E-state index in [1.807, 2.05) is 0 Å². The summed E-state index contributed by atoms with van der Waals surface area (Å²) in [7, 11) is 0. The lowest BCUT2D eigenvalue weighted by Crippen LogP contribution is -2.22. The second-order valence-electron chi connectivity index (χ2n) is 6.10. The maximum absolute atomic E-state index is 6.43. The van der Waals surface area contributed by atoms with Crippen molar-refractivity contribution < 1.29 is 0 Å². The van der Waals surface area contributed by atoms with Gasteiger partial charge in [-0.1, -0.05) is 15.9 Å². The van der Waals surface area contributed by atoms with Gasteiger partial charge in [0.1, 0.15) is 0 Å². The molecule has 3 nitrogen and oxygen atoms in total. The van der Waals surface area contributed by atoms with Crippen LogP contribution in [0.15, 0.2) is 16.6 Å². The van der Waals surface area contributed by atoms with Crippen LogP contribution < -0.4 is 5.73 Å². The molecular formula is C16H24BrN3. The van der Waals surface area contributed by atoms with E-state index in [0.717, 1.165) is 23.2 Å². The zero-order valence-electron chi connectivity index (χ0n) is 12.1. The van der Waals surface area contributed by atoms with Crippen molar-refractivity contribution >= 4 is 21.6 Å². The van der Waals surface area contributed by atoms with Gasteiger partial charge in [-0.25, -0.2) is 0 Å². The number of nitrogens with zero attached hydrogens (tertiary/aromatic N) is 2. The molecule has 20 heavy (non-hydrogen) atoms. The maximum atomic E-state index is 6.43. The van der Waals surface area contributed by atoms with Crippen molar-refractivity contribution in [3.63, 3.8) is 0 Å². The number of nitrogens with two attached hydrogens (primary N) is 1. The maximum Gasteiger partial charge on any atom is 0.0406 e. The van der Waals surface area contributed by atoms with Gasteiger partial charge >= 0.3 is 0 Å². The number of rotatable bonds is 4. The minimum absolute atomic E-state index is 0.998. The molecule has 2 aliphatic rings. The number of halogens is 1. The summed E-state index contributed by atoms with van der Waals surface area (Å²) in [6.07, 6.45) is 5.31. The molecule has 110 valence electrons. The van der Waals surface area contributed by atoms with E-state index in [9.17, 15) is 0 Å². The van der Waals surface area contributed by atoms with Gasteiger partial charge in [0.25, 0.3) is 0 Å². The highest BCUT2D eigenvalue weighted by molar-refractivity contribution is 9.10. The second kappa shape index (κ2) is 6.46. The van der Waals surface area contributed by atoms with Gasteiger partial charge in [-0.2, -0.15) is 0 Å². The van der Waals surface area contributed by atoms with Gasteiger partial charge in [-0.3, -0.25) is 9.80 Å². The van der Waals surface area contributed by atoms with Crippen molar-refractivity contribution in [2.75, 3.05) is 31.9 Å². The largest absolute Gasteiger partial charge is 0.398 e. The smallest absolute Gasteiger partial charge is 0.0406 e. The summed E-state index contributed by atoms with van der Waals surface area (Å²) in [6.45, 7) is 6.86. The first-order valence-electron chi connectivity index (χ1n) is 7.74. The monoisotopic (exact) mass is 337 g/mol. The summed E-state index contributed by atoms with van der Waals surface area (Å²) in [5.74, 6) is 0. The van der Waals surface area contributed by atoms with Crippen LogP contribution >= 0.6 is 15.9 Å². The molecule has 0 bridgehead atoms. The highest BCUT2D eigenvalue weighted by Gasteiger charge is 2.17. The molecule has 2 fully saturated rings. The Morgan fingerprint density at radius 2 is 1.25 bits per heavy atom. The van der Waals surface area contributed by atoms with E-state index in [1.165, 1.54) is 63.0 Å². The average Bonchev–Trinajstić information content (AvgIpc) is 3.08. The Morgan fingerprint density at radius 3 is 1.65 bits per heavy atom. The fraction of sp³-hybridized carbons (Fsp3) is 0.625. The summed E-state index contributed by atoms with van der Waals surface area (Å²) in [5, 5.41) is 0. The van der Waals surface area contributed by atoms with Gasteiger partial charge in [-0.15, -0.1) is 0 Å². The lowest BCUT2D eigenvalue weighted by atomic mass is 10.1. The third-order valence-corrected chi connectivity index (χ3v) is 4.96. The summed E-state index contributed by atoms with van der Waals surface area (Å²) in [5.41, 5.74) is 10.0. The van der Waals surface area contributed by atoms with Crippen LogP contribution in [0, 0.1) is 0 Å². The van der Waals surface area contributed by atoms with Gasteiger partial charge in [-0.05, 0) is 75.1 Å². The quantitative estimate of drug-likeness (QED) is 0.856. The van der Waals surface area contributed by atoms with Crippen LogP contribution in [0.3, 0.4) is 0 Å². The van der Waals surface area contributed by atoms with Crippen molar-refractivity contribution in [1.29, 1.82) is 0 Å². The molecule has 2 aliphatic heterocycles.